The molecule has 2 N–H and O–H groups in total. The molecular weight excluding hydrogens is 516 g/mol. The van der Waals surface area contributed by atoms with E-state index in [1.807, 2.05) is 19.9 Å². The van der Waals surface area contributed by atoms with Gasteiger partial charge in [0.1, 0.15) is 5.69 Å². The standard InChI is InChI=1S/C17H14Cl2FN3O.C7H8O3S/c1-3-23(2,13-6-4-11(10-21)5-7-13)17(24)22-12-8-14(18)16(20)15(19)9-12;1-6-2-4-7(5-3-6)11(8,9)10/h4-9H,3H2,1-2H3;2-5H,1H3,(H,8,9,10)/p+1/t23-;/m1./s1. The highest BCUT2D eigenvalue weighted by molar-refractivity contribution is 7.85. The van der Waals surface area contributed by atoms with Crippen molar-refractivity contribution >= 4 is 50.7 Å². The molecule has 0 aliphatic rings. The van der Waals surface area contributed by atoms with Gasteiger partial charge in [-0.2, -0.15) is 13.7 Å². The Morgan fingerprint density at radius 1 is 1.09 bits per heavy atom. The molecule has 0 spiro atoms. The molecule has 0 aliphatic heterocycles. The van der Waals surface area contributed by atoms with Crippen LogP contribution in [0.5, 0.6) is 0 Å². The molecule has 0 bridgehead atoms. The molecule has 0 saturated heterocycles. The van der Waals surface area contributed by atoms with Gasteiger partial charge in [0.15, 0.2) is 5.82 Å². The van der Waals surface area contributed by atoms with Crippen molar-refractivity contribution in [2.24, 2.45) is 0 Å². The number of carbonyl (C=O) groups is 1. The Bertz CT molecular complexity index is 1340. The number of anilines is 1. The number of hydrogen-bond donors (Lipinski definition) is 2. The molecule has 0 fully saturated rings. The summed E-state index contributed by atoms with van der Waals surface area (Å²) in [7, 11) is -2.28. The lowest BCUT2D eigenvalue weighted by molar-refractivity contribution is 0.224. The fourth-order valence-corrected chi connectivity index (χ4v) is 3.86. The highest BCUT2D eigenvalue weighted by Crippen LogP contribution is 2.29. The molecule has 11 heteroatoms. The van der Waals surface area contributed by atoms with Gasteiger partial charge in [-0.3, -0.25) is 9.87 Å². The van der Waals surface area contributed by atoms with Crippen molar-refractivity contribution < 1.29 is 22.2 Å². The van der Waals surface area contributed by atoms with Crippen molar-refractivity contribution in [1.29, 1.82) is 5.26 Å². The van der Waals surface area contributed by atoms with Crippen LogP contribution in [0, 0.1) is 24.1 Å². The van der Waals surface area contributed by atoms with Gasteiger partial charge in [-0.1, -0.05) is 40.9 Å². The molecule has 1 atom stereocenters. The summed E-state index contributed by atoms with van der Waals surface area (Å²) < 4.78 is 43.0. The maximum absolute atomic E-state index is 13.5. The topological polar surface area (TPSA) is 107 Å². The molecule has 7 nitrogen and oxygen atoms in total. The molecule has 0 saturated carbocycles. The van der Waals surface area contributed by atoms with E-state index >= 15 is 0 Å². The summed E-state index contributed by atoms with van der Waals surface area (Å²) in [6, 6.07) is 17.1. The molecule has 0 aromatic heterocycles. The summed E-state index contributed by atoms with van der Waals surface area (Å²) in [6.45, 7) is 4.18. The fourth-order valence-electron chi connectivity index (χ4n) is 2.89. The molecule has 0 heterocycles. The average molecular weight is 539 g/mol. The third-order valence-corrected chi connectivity index (χ3v) is 6.62. The van der Waals surface area contributed by atoms with Crippen molar-refractivity contribution in [3.63, 3.8) is 0 Å². The van der Waals surface area contributed by atoms with Crippen LogP contribution < -0.4 is 9.80 Å². The van der Waals surface area contributed by atoms with Crippen LogP contribution in [0.4, 0.5) is 20.6 Å². The molecule has 2 amide bonds. The minimum Gasteiger partial charge on any atom is -0.282 e. The second kappa shape index (κ2) is 11.6. The number of hydrogen-bond acceptors (Lipinski definition) is 4. The van der Waals surface area contributed by atoms with E-state index in [9.17, 15) is 17.6 Å². The predicted octanol–water partition coefficient (Wildman–Crippen LogP) is 6.44. The number of nitrogens with zero attached hydrogens (tertiary/aromatic N) is 2. The van der Waals surface area contributed by atoms with Gasteiger partial charge in [-0.25, -0.2) is 13.7 Å². The first kappa shape index (κ1) is 28.2. The van der Waals surface area contributed by atoms with Crippen LogP contribution in [0.15, 0.2) is 65.6 Å². The number of rotatable bonds is 4. The molecule has 3 rings (SSSR count). The summed E-state index contributed by atoms with van der Waals surface area (Å²) in [6.07, 6.45) is 0. The molecule has 0 radical (unpaired) electrons. The van der Waals surface area contributed by atoms with Crippen LogP contribution in [0.3, 0.4) is 0 Å². The lowest BCUT2D eigenvalue weighted by atomic mass is 10.2. The summed E-state index contributed by atoms with van der Waals surface area (Å²) in [5.41, 5.74) is 2.49. The van der Waals surface area contributed by atoms with E-state index in [2.05, 4.69) is 5.32 Å². The van der Waals surface area contributed by atoms with Crippen molar-refractivity contribution in [1.82, 2.24) is 4.48 Å². The van der Waals surface area contributed by atoms with Crippen LogP contribution in [0.25, 0.3) is 0 Å². The van der Waals surface area contributed by atoms with Gasteiger partial charge in [0.2, 0.25) is 0 Å². The van der Waals surface area contributed by atoms with E-state index < -0.39 is 15.9 Å². The van der Waals surface area contributed by atoms with E-state index in [4.69, 9.17) is 33.0 Å². The maximum Gasteiger partial charge on any atom is 0.425 e. The number of benzene rings is 3. The van der Waals surface area contributed by atoms with Crippen LogP contribution in [-0.4, -0.2) is 32.6 Å². The zero-order valence-corrected chi connectivity index (χ0v) is 21.4. The van der Waals surface area contributed by atoms with E-state index in [0.29, 0.717) is 23.5 Å². The smallest absolute Gasteiger partial charge is 0.282 e. The highest BCUT2D eigenvalue weighted by Gasteiger charge is 2.33. The Balaban J connectivity index is 0.000000328. The second-order valence-corrected chi connectivity index (χ2v) is 9.87. The van der Waals surface area contributed by atoms with Crippen LogP contribution in [0.1, 0.15) is 18.1 Å². The minimum atomic E-state index is -4.02. The van der Waals surface area contributed by atoms with Gasteiger partial charge >= 0.3 is 6.03 Å². The quantitative estimate of drug-likeness (QED) is 0.226. The second-order valence-electron chi connectivity index (χ2n) is 7.64. The van der Waals surface area contributed by atoms with Gasteiger partial charge < -0.3 is 0 Å². The molecule has 0 aliphatic carbocycles. The Kier molecular flexibility index (Phi) is 9.38. The molecule has 35 heavy (non-hydrogen) atoms. The van der Waals surface area contributed by atoms with Crippen molar-refractivity contribution in [3.05, 3.63) is 87.7 Å². The minimum absolute atomic E-state index is 0.0572. The molecule has 3 aromatic carbocycles. The number of amides is 2. The Morgan fingerprint density at radius 3 is 2.03 bits per heavy atom. The number of carbonyl (C=O) groups excluding carboxylic acids is 1. The van der Waals surface area contributed by atoms with Crippen molar-refractivity contribution in [2.75, 3.05) is 18.9 Å². The number of quaternary nitrogens is 1. The number of nitriles is 1. The summed E-state index contributed by atoms with van der Waals surface area (Å²) in [5.74, 6) is -0.726. The number of halogens is 3. The lowest BCUT2D eigenvalue weighted by Crippen LogP contribution is -2.52. The third kappa shape index (κ3) is 7.24. The first-order valence-corrected chi connectivity index (χ1v) is 12.4. The molecular formula is C24H23Cl2FN3O4S+. The third-order valence-electron chi connectivity index (χ3n) is 5.20. The van der Waals surface area contributed by atoms with E-state index in [1.54, 1.807) is 43.4 Å². The first-order valence-electron chi connectivity index (χ1n) is 10.2. The van der Waals surface area contributed by atoms with Crippen LogP contribution in [0.2, 0.25) is 10.0 Å². The zero-order chi connectivity index (χ0) is 26.4. The van der Waals surface area contributed by atoms with Gasteiger partial charge in [0.05, 0.1) is 40.2 Å². The van der Waals surface area contributed by atoms with Crippen molar-refractivity contribution in [2.45, 2.75) is 18.7 Å². The zero-order valence-electron chi connectivity index (χ0n) is 19.1. The first-order chi connectivity index (χ1) is 16.3. The Morgan fingerprint density at radius 2 is 1.60 bits per heavy atom. The summed E-state index contributed by atoms with van der Waals surface area (Å²) >= 11 is 11.5. The SMILES string of the molecule is CC[N@@+](C)(C(=O)Nc1cc(Cl)c(F)c(Cl)c1)c1ccc(C#N)cc1.Cc1ccc(S(=O)(=O)O)cc1. The largest absolute Gasteiger partial charge is 0.425 e. The predicted molar refractivity (Wildman–Crippen MR) is 136 cm³/mol. The van der Waals surface area contributed by atoms with Crippen LogP contribution in [-0.2, 0) is 10.1 Å². The molecule has 184 valence electrons. The molecule has 0 unspecified atom stereocenters. The van der Waals surface area contributed by atoms with Gasteiger partial charge in [0.25, 0.3) is 10.1 Å². The number of nitrogens with one attached hydrogen (secondary N) is 1. The fraction of sp³-hybridized carbons (Fsp3) is 0.167. The lowest BCUT2D eigenvalue weighted by Gasteiger charge is -2.29. The summed E-state index contributed by atoms with van der Waals surface area (Å²) in [4.78, 5) is 12.7. The summed E-state index contributed by atoms with van der Waals surface area (Å²) in [5, 5.41) is 11.2. The van der Waals surface area contributed by atoms with Gasteiger partial charge in [0, 0.05) is 17.8 Å². The van der Waals surface area contributed by atoms with E-state index in [0.717, 1.165) is 5.56 Å². The van der Waals surface area contributed by atoms with Crippen LogP contribution >= 0.6 is 23.2 Å². The molecule has 3 aromatic rings. The van der Waals surface area contributed by atoms with E-state index in [1.165, 1.54) is 24.3 Å². The average Bonchev–Trinajstić information content (AvgIpc) is 2.82. The Hall–Kier alpha value is -3.00. The van der Waals surface area contributed by atoms with Gasteiger partial charge in [-0.05, 0) is 50.2 Å². The normalized spacial score (nSPS) is 12.5. The maximum atomic E-state index is 13.5. The van der Waals surface area contributed by atoms with Gasteiger partial charge in [-0.15, -0.1) is 0 Å². The number of aryl methyl sites for hydroxylation is 1. The highest BCUT2D eigenvalue weighted by atomic mass is 35.5. The Labute approximate surface area is 213 Å². The number of urea groups is 1. The van der Waals surface area contributed by atoms with Crippen molar-refractivity contribution in [3.8, 4) is 6.07 Å². The monoisotopic (exact) mass is 538 g/mol. The van der Waals surface area contributed by atoms with E-state index in [-0.39, 0.29) is 25.5 Å².